The molecule has 1 saturated heterocycles. The Balaban J connectivity index is 2.38. The zero-order valence-corrected chi connectivity index (χ0v) is 23.0. The van der Waals surface area contributed by atoms with Gasteiger partial charge in [-0.15, -0.1) is 0 Å². The number of amides is 4. The van der Waals surface area contributed by atoms with Gasteiger partial charge in [0.25, 0.3) is 5.91 Å². The van der Waals surface area contributed by atoms with Crippen molar-refractivity contribution in [3.63, 3.8) is 0 Å². The summed E-state index contributed by atoms with van der Waals surface area (Å²) in [6, 6.07) is -3.66. The highest BCUT2D eigenvalue weighted by molar-refractivity contribution is 6.38. The van der Waals surface area contributed by atoms with E-state index in [9.17, 15) is 37.9 Å². The van der Waals surface area contributed by atoms with Gasteiger partial charge in [0.2, 0.25) is 23.5 Å². The zero-order chi connectivity index (χ0) is 28.9. The number of Topliss-reactive ketones (excluding diaryl/α,β-unsaturated/α-hetero) is 1. The molecule has 1 heterocycles. The summed E-state index contributed by atoms with van der Waals surface area (Å²) in [6.07, 6.45) is 2.21. The van der Waals surface area contributed by atoms with Crippen LogP contribution >= 0.6 is 0 Å². The third-order valence-electron chi connectivity index (χ3n) is 7.46. The predicted octanol–water partition coefficient (Wildman–Crippen LogP) is 2.85. The van der Waals surface area contributed by atoms with E-state index >= 15 is 0 Å². The van der Waals surface area contributed by atoms with E-state index in [4.69, 9.17) is 0 Å². The van der Waals surface area contributed by atoms with E-state index in [-0.39, 0.29) is 18.5 Å². The number of ketones is 1. The number of carbonyl (C=O) groups is 5. The van der Waals surface area contributed by atoms with E-state index in [1.165, 1.54) is 4.90 Å². The van der Waals surface area contributed by atoms with Gasteiger partial charge in [0.05, 0.1) is 6.04 Å². The minimum atomic E-state index is -3.12. The Hall–Kier alpha value is -2.79. The van der Waals surface area contributed by atoms with Crippen molar-refractivity contribution in [3.8, 4) is 0 Å². The Kier molecular flexibility index (Phi) is 10.2. The molecule has 0 aromatic heterocycles. The van der Waals surface area contributed by atoms with Crippen molar-refractivity contribution in [2.24, 2.45) is 10.8 Å². The van der Waals surface area contributed by atoms with E-state index in [0.717, 1.165) is 32.1 Å². The summed E-state index contributed by atoms with van der Waals surface area (Å²) < 4.78 is 27.2. The molecule has 10 nitrogen and oxygen atoms in total. The Bertz CT molecular complexity index is 908. The van der Waals surface area contributed by atoms with Gasteiger partial charge in [0.1, 0.15) is 12.1 Å². The summed E-state index contributed by atoms with van der Waals surface area (Å²) in [6.45, 7) is 7.81. The number of hydrogen-bond acceptors (Lipinski definition) is 5. The third kappa shape index (κ3) is 8.36. The first-order chi connectivity index (χ1) is 17.5. The lowest BCUT2D eigenvalue weighted by Gasteiger charge is -2.36. The van der Waals surface area contributed by atoms with Gasteiger partial charge in [-0.2, -0.15) is 0 Å². The van der Waals surface area contributed by atoms with Crippen molar-refractivity contribution in [1.29, 1.82) is 0 Å². The van der Waals surface area contributed by atoms with Gasteiger partial charge in [-0.25, -0.2) is 13.6 Å². The summed E-state index contributed by atoms with van der Waals surface area (Å²) >= 11 is 0. The highest BCUT2D eigenvalue weighted by atomic mass is 19.3. The molecule has 1 aliphatic carbocycles. The molecule has 3 atom stereocenters. The molecule has 4 amide bonds. The Labute approximate surface area is 222 Å². The number of alkyl halides is 2. The molecular formula is C26H42F2N4O6. The highest BCUT2D eigenvalue weighted by Gasteiger charge is 2.51. The van der Waals surface area contributed by atoms with Crippen molar-refractivity contribution in [3.05, 3.63) is 0 Å². The molecule has 0 aromatic rings. The van der Waals surface area contributed by atoms with Crippen LogP contribution in [0.25, 0.3) is 0 Å². The van der Waals surface area contributed by atoms with Crippen LogP contribution in [0, 0.1) is 10.8 Å². The lowest BCUT2D eigenvalue weighted by Crippen LogP contribution is -2.59. The maximum atomic E-state index is 13.7. The van der Waals surface area contributed by atoms with Gasteiger partial charge in [-0.05, 0) is 50.4 Å². The summed E-state index contributed by atoms with van der Waals surface area (Å²) in [7, 11) is 0. The van der Waals surface area contributed by atoms with Gasteiger partial charge in [-0.3, -0.25) is 19.2 Å². The molecule has 1 saturated carbocycles. The second-order valence-corrected chi connectivity index (χ2v) is 11.9. The van der Waals surface area contributed by atoms with Crippen LogP contribution in [0.5, 0.6) is 0 Å². The Morgan fingerprint density at radius 2 is 1.63 bits per heavy atom. The van der Waals surface area contributed by atoms with E-state index in [1.54, 1.807) is 27.7 Å². The fraction of sp³-hybridized carbons (Fsp3) is 0.808. The number of carboxylic acid groups (broad SMARTS) is 1. The van der Waals surface area contributed by atoms with Gasteiger partial charge in [0.15, 0.2) is 0 Å². The largest absolute Gasteiger partial charge is 0.465 e. The molecular weight excluding hydrogens is 502 g/mol. The molecule has 0 unspecified atom stereocenters. The molecule has 1 spiro atoms. The maximum absolute atomic E-state index is 13.7. The number of nitrogens with one attached hydrogen (secondary N) is 3. The standard InChI is InChI=1S/C26H42F2N4O6/c1-6-29-21(35)18(33)16(10-13-25(5,27)28)30-20(34)17-14-26(11-8-7-9-12-26)15-32(17)22(36)19(24(2,3)4)31-23(37)38/h16-17,19,31H,6-15H2,1-5H3,(H,29,35)(H,30,34)(H,37,38)/t16-,17-,19+/m0/s1. The minimum Gasteiger partial charge on any atom is -0.465 e. The first-order valence-electron chi connectivity index (χ1n) is 13.3. The van der Waals surface area contributed by atoms with Crippen molar-refractivity contribution in [2.45, 2.75) is 110 Å². The van der Waals surface area contributed by atoms with Gasteiger partial charge in [0, 0.05) is 19.5 Å². The summed E-state index contributed by atoms with van der Waals surface area (Å²) in [5.74, 6) is -6.42. The van der Waals surface area contributed by atoms with Crippen LogP contribution in [0.15, 0.2) is 0 Å². The van der Waals surface area contributed by atoms with E-state index < -0.39 is 71.9 Å². The van der Waals surface area contributed by atoms with Crippen LogP contribution in [-0.2, 0) is 19.2 Å². The molecule has 0 radical (unpaired) electrons. The molecule has 1 aliphatic heterocycles. The Morgan fingerprint density at radius 1 is 1.03 bits per heavy atom. The topological polar surface area (TPSA) is 145 Å². The predicted molar refractivity (Wildman–Crippen MR) is 136 cm³/mol. The summed E-state index contributed by atoms with van der Waals surface area (Å²) in [5.41, 5.74) is -1.14. The second-order valence-electron chi connectivity index (χ2n) is 11.9. The van der Waals surface area contributed by atoms with Crippen LogP contribution in [0.1, 0.15) is 86.0 Å². The smallest absolute Gasteiger partial charge is 0.405 e. The SMILES string of the molecule is CCNC(=O)C(=O)[C@H](CCC(C)(F)F)NC(=O)[C@@H]1CC2(CCCCC2)CN1C(=O)[C@@H](NC(=O)O)C(C)(C)C. The molecule has 0 aromatic carbocycles. The molecule has 38 heavy (non-hydrogen) atoms. The third-order valence-corrected chi connectivity index (χ3v) is 7.46. The minimum absolute atomic E-state index is 0.146. The van der Waals surface area contributed by atoms with Crippen LogP contribution in [0.3, 0.4) is 0 Å². The molecule has 2 rings (SSSR count). The number of carbonyl (C=O) groups excluding carboxylic acids is 4. The van der Waals surface area contributed by atoms with Crippen LogP contribution in [0.2, 0.25) is 0 Å². The molecule has 2 fully saturated rings. The number of nitrogens with zero attached hydrogens (tertiary/aromatic N) is 1. The molecule has 4 N–H and O–H groups in total. The van der Waals surface area contributed by atoms with Crippen molar-refractivity contribution < 1.29 is 37.9 Å². The molecule has 216 valence electrons. The quantitative estimate of drug-likeness (QED) is 0.311. The molecule has 12 heteroatoms. The fourth-order valence-electron chi connectivity index (χ4n) is 5.46. The van der Waals surface area contributed by atoms with E-state index in [0.29, 0.717) is 13.3 Å². The fourth-order valence-corrected chi connectivity index (χ4v) is 5.46. The lowest BCUT2D eigenvalue weighted by atomic mass is 9.72. The molecule has 2 aliphatic rings. The average molecular weight is 545 g/mol. The number of halogens is 2. The van der Waals surface area contributed by atoms with Crippen molar-refractivity contribution in [2.75, 3.05) is 13.1 Å². The van der Waals surface area contributed by atoms with Crippen LogP contribution in [0.4, 0.5) is 13.6 Å². The maximum Gasteiger partial charge on any atom is 0.405 e. The van der Waals surface area contributed by atoms with Gasteiger partial charge in [-0.1, -0.05) is 40.0 Å². The number of likely N-dealkylation sites (tertiary alicyclic amines) is 1. The normalized spacial score (nSPS) is 20.9. The van der Waals surface area contributed by atoms with Crippen molar-refractivity contribution in [1.82, 2.24) is 20.9 Å². The Morgan fingerprint density at radius 3 is 2.13 bits per heavy atom. The second kappa shape index (κ2) is 12.4. The van der Waals surface area contributed by atoms with Gasteiger partial charge >= 0.3 is 6.09 Å². The lowest BCUT2D eigenvalue weighted by molar-refractivity contribution is -0.144. The molecule has 0 bridgehead atoms. The van der Waals surface area contributed by atoms with Crippen LogP contribution < -0.4 is 16.0 Å². The average Bonchev–Trinajstić information content (AvgIpc) is 3.17. The monoisotopic (exact) mass is 544 g/mol. The van der Waals surface area contributed by atoms with Crippen molar-refractivity contribution >= 4 is 29.6 Å². The highest BCUT2D eigenvalue weighted by Crippen LogP contribution is 2.47. The summed E-state index contributed by atoms with van der Waals surface area (Å²) in [4.78, 5) is 65.1. The number of hydrogen-bond donors (Lipinski definition) is 4. The van der Waals surface area contributed by atoms with Gasteiger partial charge < -0.3 is 26.0 Å². The number of likely N-dealkylation sites (N-methyl/N-ethyl adjacent to an activating group) is 1. The summed E-state index contributed by atoms with van der Waals surface area (Å²) in [5, 5.41) is 16.5. The van der Waals surface area contributed by atoms with E-state index in [1.807, 2.05) is 0 Å². The first-order valence-corrected chi connectivity index (χ1v) is 13.3. The number of rotatable bonds is 10. The van der Waals surface area contributed by atoms with Crippen LogP contribution in [-0.4, -0.2) is 76.7 Å². The zero-order valence-electron chi connectivity index (χ0n) is 23.0. The van der Waals surface area contributed by atoms with E-state index in [2.05, 4.69) is 16.0 Å². The first kappa shape index (κ1) is 31.4.